The van der Waals surface area contributed by atoms with Crippen LogP contribution >= 0.6 is 11.8 Å². The van der Waals surface area contributed by atoms with Crippen molar-refractivity contribution in [2.45, 2.75) is 39.8 Å². The van der Waals surface area contributed by atoms with Gasteiger partial charge in [-0.15, -0.1) is 0 Å². The minimum absolute atomic E-state index is 0.0896. The van der Waals surface area contributed by atoms with E-state index in [9.17, 15) is 9.59 Å². The monoisotopic (exact) mass is 535 g/mol. The summed E-state index contributed by atoms with van der Waals surface area (Å²) in [6, 6.07) is 14.5. The van der Waals surface area contributed by atoms with Gasteiger partial charge in [-0.2, -0.15) is 0 Å². The molecule has 2 aromatic rings. The maximum Gasteiger partial charge on any atom is 0.338 e. The molecule has 2 aliphatic heterocycles. The Morgan fingerprint density at radius 1 is 1.08 bits per heavy atom. The molecule has 1 amide bonds. The second-order valence-corrected chi connectivity index (χ2v) is 10.3. The highest BCUT2D eigenvalue weighted by atomic mass is 32.2. The van der Waals surface area contributed by atoms with Gasteiger partial charge in [0.25, 0.3) is 0 Å². The molecule has 1 atom stereocenters. The summed E-state index contributed by atoms with van der Waals surface area (Å²) in [6.07, 6.45) is 0.154. The number of carbonyl (C=O) groups excluding carboxylic acids is 2. The second kappa shape index (κ2) is 12.2. The highest BCUT2D eigenvalue weighted by Crippen LogP contribution is 2.46. The zero-order valence-corrected chi connectivity index (χ0v) is 23.1. The lowest BCUT2D eigenvalue weighted by molar-refractivity contribution is -0.141. The Bertz CT molecular complexity index is 1260. The number of esters is 1. The van der Waals surface area contributed by atoms with Crippen molar-refractivity contribution in [2.75, 3.05) is 20.8 Å². The molecule has 1 unspecified atom stereocenters. The summed E-state index contributed by atoms with van der Waals surface area (Å²) in [5, 5.41) is 5.59. The van der Waals surface area contributed by atoms with E-state index in [4.69, 9.17) is 19.2 Å². The molecule has 2 aliphatic rings. The van der Waals surface area contributed by atoms with Gasteiger partial charge in [0, 0.05) is 18.3 Å². The summed E-state index contributed by atoms with van der Waals surface area (Å²) in [7, 11) is 3.16. The van der Waals surface area contributed by atoms with Gasteiger partial charge in [0.15, 0.2) is 5.17 Å². The number of aliphatic imine (C=N–C) groups is 1. The van der Waals surface area contributed by atoms with E-state index in [0.717, 1.165) is 16.8 Å². The van der Waals surface area contributed by atoms with Crippen molar-refractivity contribution in [1.29, 1.82) is 0 Å². The van der Waals surface area contributed by atoms with Crippen LogP contribution in [0.4, 0.5) is 0 Å². The molecule has 0 saturated carbocycles. The summed E-state index contributed by atoms with van der Waals surface area (Å²) >= 11 is 1.43. The van der Waals surface area contributed by atoms with Crippen LogP contribution in [-0.2, 0) is 20.9 Å². The van der Waals surface area contributed by atoms with Crippen molar-refractivity contribution in [3.63, 3.8) is 0 Å². The third kappa shape index (κ3) is 6.22. The number of fused-ring (bicyclic) bond motifs is 1. The highest BCUT2D eigenvalue weighted by Gasteiger charge is 2.41. The first-order chi connectivity index (χ1) is 18.3. The first-order valence-electron chi connectivity index (χ1n) is 12.5. The van der Waals surface area contributed by atoms with Crippen LogP contribution < -0.4 is 14.8 Å². The number of ether oxygens (including phenoxy) is 3. The SMILES string of the molecule is COc1cc(OC)cc(C2C(C(=O)OCc3ccccc3)=C(C)N=C3SC=C(CC(=O)NCC(C)C)N32)c1. The number of thioether (sulfide) groups is 1. The quantitative estimate of drug-likeness (QED) is 0.419. The summed E-state index contributed by atoms with van der Waals surface area (Å²) < 4.78 is 16.8. The number of rotatable bonds is 10. The van der Waals surface area contributed by atoms with Gasteiger partial charge in [-0.25, -0.2) is 9.79 Å². The number of methoxy groups -OCH3 is 2. The largest absolute Gasteiger partial charge is 0.497 e. The van der Waals surface area contributed by atoms with Crippen molar-refractivity contribution in [2.24, 2.45) is 10.9 Å². The van der Waals surface area contributed by atoms with E-state index in [2.05, 4.69) is 5.32 Å². The molecule has 2 heterocycles. The van der Waals surface area contributed by atoms with E-state index in [1.165, 1.54) is 11.8 Å². The molecule has 8 nitrogen and oxygen atoms in total. The van der Waals surface area contributed by atoms with E-state index >= 15 is 0 Å². The number of amidine groups is 1. The van der Waals surface area contributed by atoms with Gasteiger partial charge in [0.05, 0.1) is 38.0 Å². The van der Waals surface area contributed by atoms with Crippen LogP contribution in [0, 0.1) is 5.92 Å². The Hall–Kier alpha value is -3.72. The summed E-state index contributed by atoms with van der Waals surface area (Å²) in [5.41, 5.74) is 3.36. The maximum absolute atomic E-state index is 13.6. The van der Waals surface area contributed by atoms with Gasteiger partial charge in [0.1, 0.15) is 18.1 Å². The normalized spacial score (nSPS) is 16.6. The van der Waals surface area contributed by atoms with E-state index in [-0.39, 0.29) is 18.9 Å². The van der Waals surface area contributed by atoms with E-state index in [0.29, 0.717) is 40.4 Å². The maximum atomic E-state index is 13.6. The van der Waals surface area contributed by atoms with Crippen molar-refractivity contribution >= 4 is 28.8 Å². The molecular weight excluding hydrogens is 502 g/mol. The molecule has 0 spiro atoms. The predicted molar refractivity (Wildman–Crippen MR) is 149 cm³/mol. The number of nitrogens with zero attached hydrogens (tertiary/aromatic N) is 2. The highest BCUT2D eigenvalue weighted by molar-refractivity contribution is 8.16. The predicted octanol–water partition coefficient (Wildman–Crippen LogP) is 5.18. The van der Waals surface area contributed by atoms with E-state index < -0.39 is 12.0 Å². The van der Waals surface area contributed by atoms with Crippen molar-refractivity contribution < 1.29 is 23.8 Å². The van der Waals surface area contributed by atoms with Crippen LogP contribution in [0.1, 0.15) is 44.4 Å². The summed E-state index contributed by atoms with van der Waals surface area (Å²) in [4.78, 5) is 33.1. The van der Waals surface area contributed by atoms with Crippen LogP contribution in [0.25, 0.3) is 0 Å². The van der Waals surface area contributed by atoms with Gasteiger partial charge in [-0.05, 0) is 41.5 Å². The van der Waals surface area contributed by atoms with Gasteiger partial charge >= 0.3 is 5.97 Å². The fourth-order valence-corrected chi connectivity index (χ4v) is 5.24. The summed E-state index contributed by atoms with van der Waals surface area (Å²) in [5.74, 6) is 0.955. The number of amides is 1. The summed E-state index contributed by atoms with van der Waals surface area (Å²) in [6.45, 7) is 6.63. The van der Waals surface area contributed by atoms with E-state index in [1.54, 1.807) is 20.3 Å². The van der Waals surface area contributed by atoms with Crippen LogP contribution in [-0.4, -0.2) is 42.7 Å². The molecule has 200 valence electrons. The molecule has 0 bridgehead atoms. The molecule has 0 fully saturated rings. The van der Waals surface area contributed by atoms with E-state index in [1.807, 2.05) is 73.5 Å². The molecule has 4 rings (SSSR count). The smallest absolute Gasteiger partial charge is 0.338 e. The Morgan fingerprint density at radius 3 is 2.39 bits per heavy atom. The number of nitrogens with one attached hydrogen (secondary N) is 1. The zero-order valence-electron chi connectivity index (χ0n) is 22.3. The number of carbonyl (C=O) groups is 2. The first kappa shape index (κ1) is 27.3. The molecule has 0 aliphatic carbocycles. The topological polar surface area (TPSA) is 89.5 Å². The Balaban J connectivity index is 1.72. The molecule has 0 aromatic heterocycles. The standard InChI is InChI=1S/C29H33N3O5S/c1-18(2)15-30-25(33)13-22-17-38-29-31-19(3)26(28(34)37-16-20-9-7-6-8-10-20)27(32(22)29)21-11-23(35-4)14-24(12-21)36-5/h6-12,14,17-18,27H,13,15-16H2,1-5H3,(H,30,33). The van der Waals surface area contributed by atoms with Crippen molar-refractivity contribution in [3.8, 4) is 11.5 Å². The average Bonchev–Trinajstić information content (AvgIpc) is 3.31. The second-order valence-electron chi connectivity index (χ2n) is 9.48. The molecular formula is C29H33N3O5S. The van der Waals surface area contributed by atoms with Crippen LogP contribution in [0.5, 0.6) is 11.5 Å². The average molecular weight is 536 g/mol. The van der Waals surface area contributed by atoms with Crippen LogP contribution in [0.2, 0.25) is 0 Å². The number of allylic oxidation sites excluding steroid dienone is 1. The molecule has 1 N–H and O–H groups in total. The Labute approximate surface area is 227 Å². The van der Waals surface area contributed by atoms with Gasteiger partial charge < -0.3 is 24.4 Å². The third-order valence-corrected chi connectivity index (χ3v) is 7.06. The minimum atomic E-state index is -0.589. The Morgan fingerprint density at radius 2 is 1.76 bits per heavy atom. The lowest BCUT2D eigenvalue weighted by Gasteiger charge is -2.36. The third-order valence-electron chi connectivity index (χ3n) is 6.17. The minimum Gasteiger partial charge on any atom is -0.497 e. The lowest BCUT2D eigenvalue weighted by Crippen LogP contribution is -2.38. The zero-order chi connectivity index (χ0) is 27.2. The first-order valence-corrected chi connectivity index (χ1v) is 13.3. The van der Waals surface area contributed by atoms with Crippen molar-refractivity contribution in [1.82, 2.24) is 10.2 Å². The number of hydrogen-bond donors (Lipinski definition) is 1. The number of hydrogen-bond acceptors (Lipinski definition) is 8. The molecule has 9 heteroatoms. The lowest BCUT2D eigenvalue weighted by atomic mass is 9.93. The fourth-order valence-electron chi connectivity index (χ4n) is 4.28. The molecule has 2 aromatic carbocycles. The van der Waals surface area contributed by atoms with Gasteiger partial charge in [0.2, 0.25) is 5.91 Å². The fraction of sp³-hybridized carbons (Fsp3) is 0.345. The van der Waals surface area contributed by atoms with Crippen molar-refractivity contribution in [3.05, 3.63) is 82.0 Å². The molecule has 38 heavy (non-hydrogen) atoms. The van der Waals surface area contributed by atoms with Crippen LogP contribution in [0.3, 0.4) is 0 Å². The van der Waals surface area contributed by atoms with Gasteiger partial charge in [-0.3, -0.25) is 4.79 Å². The van der Waals surface area contributed by atoms with Crippen LogP contribution in [0.15, 0.2) is 75.9 Å². The molecule has 0 radical (unpaired) electrons. The van der Waals surface area contributed by atoms with Gasteiger partial charge in [-0.1, -0.05) is 55.9 Å². The molecule has 0 saturated heterocycles. The number of benzene rings is 2. The Kier molecular flexibility index (Phi) is 8.78.